The molecule has 1 N–H and O–H groups in total. The van der Waals surface area contributed by atoms with Crippen LogP contribution in [-0.4, -0.2) is 52.8 Å². The molecule has 1 aliphatic heterocycles. The molecule has 0 radical (unpaired) electrons. The number of nitrogens with zero attached hydrogens (tertiary/aromatic N) is 1. The summed E-state index contributed by atoms with van der Waals surface area (Å²) in [5.74, 6) is -0.0780. The molecule has 1 aromatic carbocycles. The summed E-state index contributed by atoms with van der Waals surface area (Å²) in [4.78, 5) is 9.39. The molecule has 0 aliphatic carbocycles. The number of hydrogen-bond donors (Lipinski definition) is 1. The Morgan fingerprint density at radius 2 is 1.90 bits per heavy atom. The maximum absolute atomic E-state index is 11.8. The van der Waals surface area contributed by atoms with Crippen LogP contribution in [0.2, 0.25) is 0 Å². The van der Waals surface area contributed by atoms with Crippen molar-refractivity contribution >= 4 is 10.0 Å². The van der Waals surface area contributed by atoms with Gasteiger partial charge in [0.15, 0.2) is 0 Å². The molecular weight excluding hydrogens is 280 g/mol. The van der Waals surface area contributed by atoms with E-state index in [0.717, 1.165) is 31.9 Å². The number of morpholine rings is 1. The minimum Gasteiger partial charge on any atom is -0.379 e. The van der Waals surface area contributed by atoms with Gasteiger partial charge in [0.25, 0.3) is 0 Å². The van der Waals surface area contributed by atoms with Crippen molar-refractivity contribution in [2.45, 2.75) is 5.75 Å². The van der Waals surface area contributed by atoms with Crippen LogP contribution in [0.1, 0.15) is 5.56 Å². The molecule has 1 saturated heterocycles. The van der Waals surface area contributed by atoms with Crippen molar-refractivity contribution in [3.63, 3.8) is 0 Å². The largest absolute Gasteiger partial charge is 0.379 e. The SMILES string of the molecule is O=S(=O)(Cc1ccccc1)NOCCN1CCOCC1. The monoisotopic (exact) mass is 300 g/mol. The smallest absolute Gasteiger partial charge is 0.237 e. The lowest BCUT2D eigenvalue weighted by Gasteiger charge is -2.26. The number of benzene rings is 1. The first-order valence-corrected chi connectivity index (χ1v) is 8.26. The van der Waals surface area contributed by atoms with Gasteiger partial charge in [-0.15, -0.1) is 0 Å². The van der Waals surface area contributed by atoms with Crippen LogP contribution < -0.4 is 4.89 Å². The summed E-state index contributed by atoms with van der Waals surface area (Å²) in [5.41, 5.74) is 0.733. The fourth-order valence-corrected chi connectivity index (χ4v) is 2.91. The van der Waals surface area contributed by atoms with Crippen LogP contribution >= 0.6 is 0 Å². The Morgan fingerprint density at radius 3 is 2.60 bits per heavy atom. The van der Waals surface area contributed by atoms with Gasteiger partial charge in [0.1, 0.15) is 0 Å². The Morgan fingerprint density at radius 1 is 1.20 bits per heavy atom. The Bertz CT molecular complexity index is 486. The predicted molar refractivity (Wildman–Crippen MR) is 75.4 cm³/mol. The number of nitrogens with one attached hydrogen (secondary N) is 1. The van der Waals surface area contributed by atoms with Crippen molar-refractivity contribution in [3.8, 4) is 0 Å². The number of ether oxygens (including phenoxy) is 1. The van der Waals surface area contributed by atoms with Gasteiger partial charge in [0.05, 0.1) is 25.6 Å². The zero-order chi connectivity index (χ0) is 14.3. The second-order valence-electron chi connectivity index (χ2n) is 4.63. The van der Waals surface area contributed by atoms with E-state index >= 15 is 0 Å². The Kier molecular flexibility index (Phi) is 5.93. The first kappa shape index (κ1) is 15.4. The minimum absolute atomic E-state index is 0.0780. The Balaban J connectivity index is 1.67. The van der Waals surface area contributed by atoms with E-state index in [2.05, 4.69) is 9.79 Å². The summed E-state index contributed by atoms with van der Waals surface area (Å²) < 4.78 is 28.8. The van der Waals surface area contributed by atoms with Gasteiger partial charge in [-0.05, 0) is 5.56 Å². The molecule has 20 heavy (non-hydrogen) atoms. The summed E-state index contributed by atoms with van der Waals surface area (Å²) in [5, 5.41) is 0. The van der Waals surface area contributed by atoms with E-state index < -0.39 is 10.0 Å². The van der Waals surface area contributed by atoms with Gasteiger partial charge in [-0.1, -0.05) is 35.2 Å². The first-order valence-electron chi connectivity index (χ1n) is 6.61. The van der Waals surface area contributed by atoms with E-state index in [1.54, 1.807) is 12.1 Å². The van der Waals surface area contributed by atoms with Gasteiger partial charge in [-0.3, -0.25) is 9.74 Å². The second kappa shape index (κ2) is 7.70. The van der Waals surface area contributed by atoms with Crippen molar-refractivity contribution in [1.82, 2.24) is 9.79 Å². The molecule has 1 fully saturated rings. The van der Waals surface area contributed by atoms with E-state index in [1.807, 2.05) is 18.2 Å². The number of sulfonamides is 1. The van der Waals surface area contributed by atoms with Gasteiger partial charge >= 0.3 is 0 Å². The maximum Gasteiger partial charge on any atom is 0.237 e. The average Bonchev–Trinajstić information content (AvgIpc) is 2.45. The van der Waals surface area contributed by atoms with Gasteiger partial charge < -0.3 is 4.74 Å². The highest BCUT2D eigenvalue weighted by atomic mass is 32.2. The lowest BCUT2D eigenvalue weighted by atomic mass is 10.2. The number of rotatable bonds is 7. The molecule has 0 atom stereocenters. The minimum atomic E-state index is -3.45. The molecule has 1 heterocycles. The third-order valence-electron chi connectivity index (χ3n) is 3.00. The molecule has 0 unspecified atom stereocenters. The molecular formula is C13H20N2O4S. The molecule has 0 bridgehead atoms. The summed E-state index contributed by atoms with van der Waals surface area (Å²) in [6.07, 6.45) is 0. The first-order chi connectivity index (χ1) is 9.66. The summed E-state index contributed by atoms with van der Waals surface area (Å²) in [7, 11) is -3.45. The van der Waals surface area contributed by atoms with Crippen LogP contribution in [-0.2, 0) is 25.4 Å². The van der Waals surface area contributed by atoms with Gasteiger partial charge in [0.2, 0.25) is 10.0 Å². The lowest BCUT2D eigenvalue weighted by Crippen LogP contribution is -2.39. The van der Waals surface area contributed by atoms with Gasteiger partial charge in [0, 0.05) is 19.6 Å². The maximum atomic E-state index is 11.8. The van der Waals surface area contributed by atoms with Crippen molar-refractivity contribution in [2.24, 2.45) is 0 Å². The van der Waals surface area contributed by atoms with Crippen molar-refractivity contribution in [1.29, 1.82) is 0 Å². The van der Waals surface area contributed by atoms with Crippen LogP contribution in [0.15, 0.2) is 30.3 Å². The molecule has 6 nitrogen and oxygen atoms in total. The standard InChI is InChI=1S/C13H20N2O4S/c16-20(17,12-13-4-2-1-3-5-13)14-19-11-8-15-6-9-18-10-7-15/h1-5,14H,6-12H2. The summed E-state index contributed by atoms with van der Waals surface area (Å²) in [6.45, 7) is 4.19. The third kappa shape index (κ3) is 5.56. The van der Waals surface area contributed by atoms with Crippen LogP contribution in [0, 0.1) is 0 Å². The molecule has 2 rings (SSSR count). The van der Waals surface area contributed by atoms with Crippen LogP contribution in [0.25, 0.3) is 0 Å². The Labute approximate surface area is 119 Å². The van der Waals surface area contributed by atoms with Gasteiger partial charge in [-0.2, -0.15) is 0 Å². The molecule has 0 aromatic heterocycles. The van der Waals surface area contributed by atoms with E-state index in [1.165, 1.54) is 0 Å². The fraction of sp³-hybridized carbons (Fsp3) is 0.538. The topological polar surface area (TPSA) is 67.9 Å². The van der Waals surface area contributed by atoms with E-state index in [-0.39, 0.29) is 5.75 Å². The zero-order valence-electron chi connectivity index (χ0n) is 11.3. The molecule has 1 aromatic rings. The molecule has 7 heteroatoms. The highest BCUT2D eigenvalue weighted by Gasteiger charge is 2.13. The number of hydrogen-bond acceptors (Lipinski definition) is 5. The highest BCUT2D eigenvalue weighted by Crippen LogP contribution is 2.04. The second-order valence-corrected chi connectivity index (χ2v) is 6.32. The Hall–Kier alpha value is -0.990. The normalized spacial score (nSPS) is 17.2. The van der Waals surface area contributed by atoms with E-state index in [9.17, 15) is 8.42 Å². The zero-order valence-corrected chi connectivity index (χ0v) is 12.1. The average molecular weight is 300 g/mol. The van der Waals surface area contributed by atoms with E-state index in [4.69, 9.17) is 9.57 Å². The van der Waals surface area contributed by atoms with Crippen LogP contribution in [0.3, 0.4) is 0 Å². The third-order valence-corrected chi connectivity index (χ3v) is 4.08. The van der Waals surface area contributed by atoms with Crippen molar-refractivity contribution < 1.29 is 18.0 Å². The molecule has 0 saturated carbocycles. The predicted octanol–water partition coefficient (Wildman–Crippen LogP) is 0.370. The molecule has 112 valence electrons. The van der Waals surface area contributed by atoms with Crippen molar-refractivity contribution in [3.05, 3.63) is 35.9 Å². The lowest BCUT2D eigenvalue weighted by molar-refractivity contribution is 0.0125. The van der Waals surface area contributed by atoms with Crippen LogP contribution in [0.4, 0.5) is 0 Å². The molecule has 0 spiro atoms. The van der Waals surface area contributed by atoms with Crippen LogP contribution in [0.5, 0.6) is 0 Å². The molecule has 1 aliphatic rings. The van der Waals surface area contributed by atoms with E-state index in [0.29, 0.717) is 13.2 Å². The highest BCUT2D eigenvalue weighted by molar-refractivity contribution is 7.88. The quantitative estimate of drug-likeness (QED) is 0.582. The molecule has 0 amide bonds. The summed E-state index contributed by atoms with van der Waals surface area (Å²) >= 11 is 0. The van der Waals surface area contributed by atoms with Crippen molar-refractivity contribution in [2.75, 3.05) is 39.5 Å². The van der Waals surface area contributed by atoms with Gasteiger partial charge in [-0.25, -0.2) is 8.42 Å². The fourth-order valence-electron chi connectivity index (χ4n) is 1.95. The summed E-state index contributed by atoms with van der Waals surface area (Å²) in [6, 6.07) is 9.01.